The Morgan fingerprint density at radius 3 is 0.696 bits per heavy atom. The molecule has 0 aliphatic carbocycles. The van der Waals surface area contributed by atoms with Gasteiger partial charge in [0.1, 0.15) is 0 Å². The first-order valence-corrected chi connectivity index (χ1v) is 39.2. The molecule has 0 N–H and O–H groups in total. The first-order valence-electron chi connectivity index (χ1n) is 39.2. The molecule has 9 heteroatoms. The van der Waals surface area contributed by atoms with Gasteiger partial charge in [-0.3, -0.25) is 9.97 Å². The van der Waals surface area contributed by atoms with Gasteiger partial charge in [0.15, 0.2) is 0 Å². The zero-order valence-corrected chi connectivity index (χ0v) is 63.6. The van der Waals surface area contributed by atoms with Crippen LogP contribution >= 0.6 is 0 Å². The predicted octanol–water partition coefficient (Wildman–Crippen LogP) is 27.3. The zero-order chi connectivity index (χ0) is 76.5. The lowest BCUT2D eigenvalue weighted by atomic mass is 9.95. The minimum Gasteiger partial charge on any atom is -0.309 e. The molecule has 24 rings (SSSR count). The summed E-state index contributed by atoms with van der Waals surface area (Å²) >= 11 is 0. The number of aryl methyl sites for hydroxylation is 4. The largest absolute Gasteiger partial charge is 0.309 e. The van der Waals surface area contributed by atoms with Crippen LogP contribution in [-0.4, -0.2) is 43.6 Å². The van der Waals surface area contributed by atoms with E-state index in [1.54, 1.807) is 0 Å². The fourth-order valence-corrected chi connectivity index (χ4v) is 18.0. The highest BCUT2D eigenvalue weighted by Crippen LogP contribution is 2.43. The van der Waals surface area contributed by atoms with Crippen LogP contribution in [0.5, 0.6) is 0 Å². The van der Waals surface area contributed by atoms with E-state index in [-0.39, 0.29) is 0 Å². The molecule has 6 heterocycles. The Bertz CT molecular complexity index is 8000. The number of para-hydroxylation sites is 6. The van der Waals surface area contributed by atoms with Crippen LogP contribution in [-0.2, 0) is 0 Å². The lowest BCUT2D eigenvalue weighted by Crippen LogP contribution is -1.96. The molecule has 9 nitrogen and oxygen atoms in total. The molecule has 18 aromatic carbocycles. The molecule has 6 aromatic heterocycles. The summed E-state index contributed by atoms with van der Waals surface area (Å²) in [5.41, 5.74) is 27.5. The average molecular weight is 1470 g/mol. The minimum atomic E-state index is 0.928. The smallest absolute Gasteiger partial charge is 0.0975 e. The van der Waals surface area contributed by atoms with E-state index in [4.69, 9.17) is 29.9 Å². The van der Waals surface area contributed by atoms with Crippen molar-refractivity contribution in [3.63, 3.8) is 0 Å². The van der Waals surface area contributed by atoms with Crippen LogP contribution in [0.2, 0.25) is 0 Å². The highest BCUT2D eigenvalue weighted by atomic mass is 15.0. The summed E-state index contributed by atoms with van der Waals surface area (Å²) < 4.78 is 7.12. The van der Waals surface area contributed by atoms with Gasteiger partial charge in [0.25, 0.3) is 0 Å². The Kier molecular flexibility index (Phi) is 15.6. The van der Waals surface area contributed by atoms with Gasteiger partial charge in [0.2, 0.25) is 0 Å². The molecular weight excluding hydrogens is 1400 g/mol. The molecule has 0 unspecified atom stereocenters. The standard InChI is InChI=1S/C36H25N3.2C35H23N3/c1-22-23(2)38-36-31-19-18-25(21-32(31)27-12-3-4-15-30(27)35(36)37-22)24-10-9-11-26(20-24)39-33-16-7-5-13-28(33)29-14-6-8-17-34(29)39;1-22-21-36-34-30-18-17-24(20-31(30)26-11-2-3-14-29(26)35(34)37-22)23-9-8-10-25(19-23)38-32-15-6-4-12-27(32)28-13-5-7-16-33(28)38;1-22-21-36-34-29-14-3-2-11-26(29)31-20-24(17-18-30(31)35(34)37-22)23-9-8-10-25(19-23)38-32-15-6-4-12-27(32)28-13-5-7-16-33(28)38/h3-21H,1-2H3;2*2-21H,1H3. The summed E-state index contributed by atoms with van der Waals surface area (Å²) in [6.07, 6.45) is 3.72. The molecule has 0 saturated carbocycles. The van der Waals surface area contributed by atoms with Crippen LogP contribution in [0, 0.1) is 27.7 Å². The van der Waals surface area contributed by atoms with E-state index in [2.05, 4.69) is 359 Å². The van der Waals surface area contributed by atoms with Crippen molar-refractivity contribution in [2.75, 3.05) is 0 Å². The minimum absolute atomic E-state index is 0.928. The van der Waals surface area contributed by atoms with Crippen LogP contribution in [0.15, 0.2) is 358 Å². The van der Waals surface area contributed by atoms with Gasteiger partial charge in [-0.25, -0.2) is 19.9 Å². The van der Waals surface area contributed by atoms with Crippen molar-refractivity contribution in [1.82, 2.24) is 43.6 Å². The molecule has 0 fully saturated rings. The zero-order valence-electron chi connectivity index (χ0n) is 63.6. The monoisotopic (exact) mass is 1470 g/mol. The summed E-state index contributed by atoms with van der Waals surface area (Å²) in [5.74, 6) is 0. The summed E-state index contributed by atoms with van der Waals surface area (Å²) in [7, 11) is 0. The maximum atomic E-state index is 5.00. The summed E-state index contributed by atoms with van der Waals surface area (Å²) in [4.78, 5) is 29.3. The SMILES string of the molecule is Cc1cnc2c3ccc(-c4cccc(-n5c6ccccc6c6ccccc65)c4)cc3c3ccccc3c2n1.Cc1cnc2c3ccccc3c3cc(-c4cccc(-n5c6ccccc6c6ccccc65)c4)ccc3c2n1.Cc1nc2c3ccccc3c3cc(-c4cccc(-n5c6ccccc6c6ccccc65)c4)ccc3c2nc1C. The number of benzene rings is 18. The number of hydrogen-bond acceptors (Lipinski definition) is 6. The Labute approximate surface area is 661 Å². The Morgan fingerprint density at radius 2 is 0.400 bits per heavy atom. The lowest BCUT2D eigenvalue weighted by molar-refractivity contribution is 1.11. The van der Waals surface area contributed by atoms with Crippen molar-refractivity contribution < 1.29 is 0 Å². The normalized spacial score (nSPS) is 11.8. The fraction of sp³-hybridized carbons (Fsp3) is 0.0377. The Morgan fingerprint density at radius 1 is 0.174 bits per heavy atom. The topological polar surface area (TPSA) is 92.1 Å². The van der Waals surface area contributed by atoms with E-state index in [1.807, 2.05) is 40.1 Å². The van der Waals surface area contributed by atoms with Gasteiger partial charge in [-0.2, -0.15) is 0 Å². The fourth-order valence-electron chi connectivity index (χ4n) is 18.0. The highest BCUT2D eigenvalue weighted by Gasteiger charge is 2.21. The summed E-state index contributed by atoms with van der Waals surface area (Å²) in [5, 5.41) is 21.7. The van der Waals surface area contributed by atoms with E-state index < -0.39 is 0 Å². The van der Waals surface area contributed by atoms with Crippen molar-refractivity contribution in [2.24, 2.45) is 0 Å². The summed E-state index contributed by atoms with van der Waals surface area (Å²) in [6, 6.07) is 124. The van der Waals surface area contributed by atoms with E-state index >= 15 is 0 Å². The van der Waals surface area contributed by atoms with Gasteiger partial charge in [-0.1, -0.05) is 255 Å². The third-order valence-electron chi connectivity index (χ3n) is 23.4. The molecule has 540 valence electrons. The third-order valence-corrected chi connectivity index (χ3v) is 23.4. The van der Waals surface area contributed by atoms with Crippen LogP contribution in [0.1, 0.15) is 22.8 Å². The second kappa shape index (κ2) is 26.9. The van der Waals surface area contributed by atoms with Gasteiger partial charge in [-0.05, 0) is 184 Å². The molecular formula is C106H71N9. The Balaban J connectivity index is 0.000000105. The molecule has 0 spiro atoms. The van der Waals surface area contributed by atoms with Crippen molar-refractivity contribution in [3.05, 3.63) is 381 Å². The van der Waals surface area contributed by atoms with E-state index in [9.17, 15) is 0 Å². The van der Waals surface area contributed by atoms with Crippen LogP contribution in [0.4, 0.5) is 0 Å². The van der Waals surface area contributed by atoms with Gasteiger partial charge < -0.3 is 13.7 Å². The maximum absolute atomic E-state index is 5.00. The van der Waals surface area contributed by atoms with Gasteiger partial charge in [-0.15, -0.1) is 0 Å². The summed E-state index contributed by atoms with van der Waals surface area (Å²) in [6.45, 7) is 8.08. The third kappa shape index (κ3) is 11.0. The number of nitrogens with zero attached hydrogens (tertiary/aromatic N) is 9. The molecule has 0 amide bonds. The van der Waals surface area contributed by atoms with Crippen molar-refractivity contribution in [2.45, 2.75) is 27.7 Å². The van der Waals surface area contributed by atoms with Crippen LogP contribution in [0.25, 0.3) is 214 Å². The number of fused-ring (bicyclic) bond motifs is 27. The molecule has 0 atom stereocenters. The highest BCUT2D eigenvalue weighted by molar-refractivity contribution is 6.26. The van der Waals surface area contributed by atoms with Gasteiger partial charge >= 0.3 is 0 Å². The lowest BCUT2D eigenvalue weighted by Gasteiger charge is -2.13. The van der Waals surface area contributed by atoms with Crippen molar-refractivity contribution >= 4 is 163 Å². The maximum Gasteiger partial charge on any atom is 0.0975 e. The predicted molar refractivity (Wildman–Crippen MR) is 482 cm³/mol. The quantitative estimate of drug-likeness (QED) is 0.154. The molecule has 0 radical (unpaired) electrons. The van der Waals surface area contributed by atoms with E-state index in [1.165, 1.54) is 131 Å². The molecule has 0 aliphatic rings. The van der Waals surface area contributed by atoms with Crippen LogP contribution in [0.3, 0.4) is 0 Å². The second-order valence-corrected chi connectivity index (χ2v) is 30.2. The van der Waals surface area contributed by atoms with Crippen molar-refractivity contribution in [3.8, 4) is 50.4 Å². The number of rotatable bonds is 6. The number of aromatic nitrogens is 9. The first kappa shape index (κ1) is 66.9. The average Bonchev–Trinajstić information content (AvgIpc) is 1.74. The molecule has 0 bridgehead atoms. The molecule has 0 aliphatic heterocycles. The van der Waals surface area contributed by atoms with E-state index in [0.29, 0.717) is 0 Å². The second-order valence-electron chi connectivity index (χ2n) is 30.2. The molecule has 24 aromatic rings. The number of hydrogen-bond donors (Lipinski definition) is 0. The molecule has 115 heavy (non-hydrogen) atoms. The van der Waals surface area contributed by atoms with Gasteiger partial charge in [0, 0.05) is 94.1 Å². The Hall–Kier alpha value is -15.1. The van der Waals surface area contributed by atoms with Crippen LogP contribution < -0.4 is 0 Å². The van der Waals surface area contributed by atoms with Gasteiger partial charge in [0.05, 0.1) is 89.0 Å². The molecule has 0 saturated heterocycles. The van der Waals surface area contributed by atoms with E-state index in [0.717, 1.165) is 105 Å². The van der Waals surface area contributed by atoms with Crippen molar-refractivity contribution in [1.29, 1.82) is 0 Å². The first-order chi connectivity index (χ1) is 56.7.